The number of thiophene rings is 1. The van der Waals surface area contributed by atoms with Crippen molar-refractivity contribution in [2.75, 3.05) is 11.4 Å². The molecule has 1 aliphatic rings. The van der Waals surface area contributed by atoms with E-state index < -0.39 is 0 Å². The fourth-order valence-electron chi connectivity index (χ4n) is 3.11. The molecule has 2 nitrogen and oxygen atoms in total. The maximum Gasteiger partial charge on any atom is 0.268 e. The number of fused-ring (bicyclic) bond motifs is 1. The van der Waals surface area contributed by atoms with Crippen LogP contribution in [-0.4, -0.2) is 12.5 Å². The highest BCUT2D eigenvalue weighted by molar-refractivity contribution is 7.12. The zero-order valence-corrected chi connectivity index (χ0v) is 13.8. The summed E-state index contributed by atoms with van der Waals surface area (Å²) in [4.78, 5) is 15.8. The van der Waals surface area contributed by atoms with Crippen LogP contribution in [0.5, 0.6) is 0 Å². The molecule has 114 valence electrons. The standard InChI is InChI=1S/C20H17NOS/c1-14-6-8-15(9-7-14)17-11-13-23-19(17)20(22)21-12-10-16-4-2-3-5-18(16)21/h2-9,11,13H,10,12H2,1H3. The summed E-state index contributed by atoms with van der Waals surface area (Å²) >= 11 is 1.53. The highest BCUT2D eigenvalue weighted by atomic mass is 32.1. The van der Waals surface area contributed by atoms with E-state index in [9.17, 15) is 4.79 Å². The monoisotopic (exact) mass is 319 g/mol. The van der Waals surface area contributed by atoms with Crippen molar-refractivity contribution in [2.24, 2.45) is 0 Å². The Morgan fingerprint density at radius 2 is 1.83 bits per heavy atom. The molecule has 0 saturated heterocycles. The molecule has 4 rings (SSSR count). The molecule has 3 heteroatoms. The third-order valence-electron chi connectivity index (χ3n) is 4.35. The van der Waals surface area contributed by atoms with E-state index in [0.29, 0.717) is 0 Å². The molecule has 0 N–H and O–H groups in total. The van der Waals surface area contributed by atoms with Crippen molar-refractivity contribution < 1.29 is 4.79 Å². The van der Waals surface area contributed by atoms with Crippen molar-refractivity contribution in [3.63, 3.8) is 0 Å². The summed E-state index contributed by atoms with van der Waals surface area (Å²) in [7, 11) is 0. The van der Waals surface area contributed by atoms with Crippen LogP contribution in [0, 0.1) is 6.92 Å². The molecule has 1 amide bonds. The third kappa shape index (κ3) is 2.47. The van der Waals surface area contributed by atoms with Gasteiger partial charge in [0.15, 0.2) is 0 Å². The van der Waals surface area contributed by atoms with Crippen molar-refractivity contribution >= 4 is 22.9 Å². The summed E-state index contributed by atoms with van der Waals surface area (Å²) in [6.45, 7) is 2.84. The molecule has 0 radical (unpaired) electrons. The predicted molar refractivity (Wildman–Crippen MR) is 96.3 cm³/mol. The first-order valence-electron chi connectivity index (χ1n) is 7.78. The van der Waals surface area contributed by atoms with Crippen molar-refractivity contribution in [3.05, 3.63) is 76.0 Å². The number of rotatable bonds is 2. The van der Waals surface area contributed by atoms with Gasteiger partial charge in [0.1, 0.15) is 4.88 Å². The minimum atomic E-state index is 0.112. The minimum absolute atomic E-state index is 0.112. The molecule has 23 heavy (non-hydrogen) atoms. The van der Waals surface area contributed by atoms with Crippen LogP contribution < -0.4 is 4.90 Å². The highest BCUT2D eigenvalue weighted by Gasteiger charge is 2.27. The van der Waals surface area contributed by atoms with Gasteiger partial charge >= 0.3 is 0 Å². The van der Waals surface area contributed by atoms with Crippen LogP contribution in [0.1, 0.15) is 20.8 Å². The Labute approximate surface area is 140 Å². The quantitative estimate of drug-likeness (QED) is 0.656. The van der Waals surface area contributed by atoms with Gasteiger partial charge in [0, 0.05) is 17.8 Å². The van der Waals surface area contributed by atoms with E-state index >= 15 is 0 Å². The molecule has 0 spiro atoms. The molecule has 0 saturated carbocycles. The van der Waals surface area contributed by atoms with Gasteiger partial charge in [-0.25, -0.2) is 0 Å². The van der Waals surface area contributed by atoms with Crippen molar-refractivity contribution in [1.29, 1.82) is 0 Å². The van der Waals surface area contributed by atoms with E-state index in [1.54, 1.807) is 0 Å². The maximum absolute atomic E-state index is 13.1. The second kappa shape index (κ2) is 5.67. The fraction of sp³-hybridized carbons (Fsp3) is 0.150. The number of carbonyl (C=O) groups is 1. The van der Waals surface area contributed by atoms with Crippen LogP contribution in [-0.2, 0) is 6.42 Å². The zero-order valence-electron chi connectivity index (χ0n) is 13.0. The molecular formula is C20H17NOS. The summed E-state index contributed by atoms with van der Waals surface area (Å²) in [5.41, 5.74) is 5.68. The Morgan fingerprint density at radius 1 is 1.04 bits per heavy atom. The van der Waals surface area contributed by atoms with Crippen molar-refractivity contribution in [2.45, 2.75) is 13.3 Å². The van der Waals surface area contributed by atoms with Crippen LogP contribution in [0.2, 0.25) is 0 Å². The Bertz CT molecular complexity index is 863. The maximum atomic E-state index is 13.1. The average molecular weight is 319 g/mol. The number of nitrogens with zero attached hydrogens (tertiary/aromatic N) is 1. The van der Waals surface area contributed by atoms with Gasteiger partial charge in [0.25, 0.3) is 5.91 Å². The first-order valence-corrected chi connectivity index (χ1v) is 8.66. The summed E-state index contributed by atoms with van der Waals surface area (Å²) in [5.74, 6) is 0.112. The smallest absolute Gasteiger partial charge is 0.268 e. The molecule has 1 aromatic heterocycles. The topological polar surface area (TPSA) is 20.3 Å². The second-order valence-corrected chi connectivity index (χ2v) is 6.78. The van der Waals surface area contributed by atoms with Gasteiger partial charge in [0.05, 0.1) is 0 Å². The molecule has 2 aromatic carbocycles. The Kier molecular flexibility index (Phi) is 3.50. The number of hydrogen-bond donors (Lipinski definition) is 0. The summed E-state index contributed by atoms with van der Waals surface area (Å²) in [6, 6.07) is 18.6. The number of hydrogen-bond acceptors (Lipinski definition) is 2. The first kappa shape index (κ1) is 14.2. The van der Waals surface area contributed by atoms with Gasteiger partial charge in [-0.1, -0.05) is 48.0 Å². The van der Waals surface area contributed by atoms with Crippen molar-refractivity contribution in [3.8, 4) is 11.1 Å². The van der Waals surface area contributed by atoms with Crippen molar-refractivity contribution in [1.82, 2.24) is 0 Å². The van der Waals surface area contributed by atoms with Crippen LogP contribution in [0.4, 0.5) is 5.69 Å². The normalized spacial score (nSPS) is 13.2. The van der Waals surface area contributed by atoms with E-state index in [4.69, 9.17) is 0 Å². The lowest BCUT2D eigenvalue weighted by Gasteiger charge is -2.17. The van der Waals surface area contributed by atoms with Gasteiger partial charge in [-0.2, -0.15) is 0 Å². The predicted octanol–water partition coefficient (Wildman–Crippen LogP) is 4.93. The molecule has 0 fully saturated rings. The molecule has 2 heterocycles. The van der Waals surface area contributed by atoms with E-state index in [2.05, 4.69) is 37.3 Å². The molecule has 0 bridgehead atoms. The number of benzene rings is 2. The summed E-state index contributed by atoms with van der Waals surface area (Å²) in [6.07, 6.45) is 0.938. The van der Waals surface area contributed by atoms with Crippen LogP contribution in [0.3, 0.4) is 0 Å². The Balaban J connectivity index is 1.71. The van der Waals surface area contributed by atoms with E-state index in [1.807, 2.05) is 34.5 Å². The van der Waals surface area contributed by atoms with Gasteiger partial charge in [-0.15, -0.1) is 11.3 Å². The SMILES string of the molecule is Cc1ccc(-c2ccsc2C(=O)N2CCc3ccccc32)cc1. The molecule has 3 aromatic rings. The average Bonchev–Trinajstić information content (AvgIpc) is 3.22. The van der Waals surface area contributed by atoms with Crippen LogP contribution in [0.25, 0.3) is 11.1 Å². The summed E-state index contributed by atoms with van der Waals surface area (Å²) in [5, 5.41) is 2.00. The number of anilines is 1. The number of para-hydroxylation sites is 1. The summed E-state index contributed by atoms with van der Waals surface area (Å²) < 4.78 is 0. The zero-order chi connectivity index (χ0) is 15.8. The van der Waals surface area contributed by atoms with E-state index in [0.717, 1.165) is 34.7 Å². The van der Waals surface area contributed by atoms with Crippen LogP contribution >= 0.6 is 11.3 Å². The van der Waals surface area contributed by atoms with Crippen LogP contribution in [0.15, 0.2) is 60.0 Å². The molecule has 0 atom stereocenters. The number of aryl methyl sites for hydroxylation is 1. The van der Waals surface area contributed by atoms with Gasteiger partial charge in [0.2, 0.25) is 0 Å². The fourth-order valence-corrected chi connectivity index (χ4v) is 3.97. The Morgan fingerprint density at radius 3 is 2.65 bits per heavy atom. The number of carbonyl (C=O) groups excluding carboxylic acids is 1. The first-order chi connectivity index (χ1) is 11.2. The highest BCUT2D eigenvalue weighted by Crippen LogP contribution is 2.34. The lowest BCUT2D eigenvalue weighted by molar-refractivity contribution is 0.0994. The molecule has 0 aliphatic carbocycles. The molecular weight excluding hydrogens is 302 g/mol. The van der Waals surface area contributed by atoms with E-state index in [1.165, 1.54) is 22.5 Å². The molecule has 0 unspecified atom stereocenters. The Hall–Kier alpha value is -2.39. The second-order valence-electron chi connectivity index (χ2n) is 5.86. The van der Waals surface area contributed by atoms with E-state index in [-0.39, 0.29) is 5.91 Å². The largest absolute Gasteiger partial charge is 0.307 e. The lowest BCUT2D eigenvalue weighted by Crippen LogP contribution is -2.28. The van der Waals surface area contributed by atoms with Gasteiger partial charge in [-0.3, -0.25) is 4.79 Å². The van der Waals surface area contributed by atoms with Gasteiger partial charge in [-0.05, 0) is 42.0 Å². The van der Waals surface area contributed by atoms with Gasteiger partial charge < -0.3 is 4.90 Å². The number of amides is 1. The lowest BCUT2D eigenvalue weighted by atomic mass is 10.0. The minimum Gasteiger partial charge on any atom is -0.307 e. The molecule has 1 aliphatic heterocycles. The third-order valence-corrected chi connectivity index (χ3v) is 5.26.